The van der Waals surface area contributed by atoms with Gasteiger partial charge in [-0.15, -0.1) is 0 Å². The van der Waals surface area contributed by atoms with Crippen LogP contribution in [0.15, 0.2) is 81.7 Å². The first kappa shape index (κ1) is 25.7. The van der Waals surface area contributed by atoms with E-state index in [-0.39, 0.29) is 12.2 Å². The molecule has 6 nitrogen and oxygen atoms in total. The summed E-state index contributed by atoms with van der Waals surface area (Å²) in [6.07, 6.45) is 2.77. The topological polar surface area (TPSA) is 69.9 Å². The summed E-state index contributed by atoms with van der Waals surface area (Å²) in [6, 6.07) is 19.3. The SMILES string of the molecule is CCCOc1ccc2ccccc2c1/C=c1/sc2n(c1=O)[C@@H](c1ccc(C)cc1)C(C(=O)OCC)=C(C)N=2. The van der Waals surface area contributed by atoms with Gasteiger partial charge in [-0.3, -0.25) is 9.36 Å². The van der Waals surface area contributed by atoms with Crippen molar-refractivity contribution in [3.8, 4) is 5.75 Å². The molecule has 0 amide bonds. The molecule has 4 aromatic rings. The van der Waals surface area contributed by atoms with Crippen LogP contribution in [-0.2, 0) is 9.53 Å². The number of benzene rings is 3. The fraction of sp³-hybridized carbons (Fsp3) is 0.258. The van der Waals surface area contributed by atoms with E-state index in [4.69, 9.17) is 14.5 Å². The van der Waals surface area contributed by atoms with Gasteiger partial charge in [-0.1, -0.05) is 78.4 Å². The zero-order valence-electron chi connectivity index (χ0n) is 22.0. The van der Waals surface area contributed by atoms with E-state index in [0.717, 1.165) is 39.6 Å². The summed E-state index contributed by atoms with van der Waals surface area (Å²) in [5.41, 5.74) is 3.51. The first-order chi connectivity index (χ1) is 18.4. The van der Waals surface area contributed by atoms with E-state index in [0.29, 0.717) is 27.2 Å². The van der Waals surface area contributed by atoms with Gasteiger partial charge in [0, 0.05) is 5.56 Å². The summed E-state index contributed by atoms with van der Waals surface area (Å²) in [5.74, 6) is 0.271. The molecule has 0 saturated heterocycles. The van der Waals surface area contributed by atoms with Crippen molar-refractivity contribution in [2.75, 3.05) is 13.2 Å². The lowest BCUT2D eigenvalue weighted by molar-refractivity contribution is -0.139. The minimum absolute atomic E-state index is 0.206. The van der Waals surface area contributed by atoms with E-state index < -0.39 is 12.0 Å². The highest BCUT2D eigenvalue weighted by Crippen LogP contribution is 2.32. The van der Waals surface area contributed by atoms with Crippen LogP contribution in [0.4, 0.5) is 0 Å². The molecular formula is C31H30N2O4S. The van der Waals surface area contributed by atoms with Crippen molar-refractivity contribution in [3.05, 3.63) is 108 Å². The van der Waals surface area contributed by atoms with Gasteiger partial charge in [-0.05, 0) is 55.7 Å². The van der Waals surface area contributed by atoms with Crippen LogP contribution in [-0.4, -0.2) is 23.8 Å². The molecule has 7 heteroatoms. The monoisotopic (exact) mass is 526 g/mol. The number of rotatable bonds is 7. The molecule has 1 aromatic heterocycles. The molecule has 38 heavy (non-hydrogen) atoms. The second-order valence-corrected chi connectivity index (χ2v) is 10.3. The molecule has 0 N–H and O–H groups in total. The van der Waals surface area contributed by atoms with Crippen molar-refractivity contribution in [2.45, 2.75) is 40.2 Å². The first-order valence-corrected chi connectivity index (χ1v) is 13.6. The Morgan fingerprint density at radius 2 is 1.82 bits per heavy atom. The van der Waals surface area contributed by atoms with E-state index in [1.54, 1.807) is 18.4 Å². The maximum absolute atomic E-state index is 14.0. The number of carbonyl (C=O) groups excluding carboxylic acids is 1. The Morgan fingerprint density at radius 3 is 2.55 bits per heavy atom. The van der Waals surface area contributed by atoms with Gasteiger partial charge < -0.3 is 9.47 Å². The summed E-state index contributed by atoms with van der Waals surface area (Å²) in [7, 11) is 0. The van der Waals surface area contributed by atoms with Crippen molar-refractivity contribution < 1.29 is 14.3 Å². The molecule has 5 rings (SSSR count). The van der Waals surface area contributed by atoms with Crippen molar-refractivity contribution in [3.63, 3.8) is 0 Å². The Balaban J connectivity index is 1.76. The largest absolute Gasteiger partial charge is 0.493 e. The number of carbonyl (C=O) groups is 1. The molecule has 0 radical (unpaired) electrons. The van der Waals surface area contributed by atoms with Crippen molar-refractivity contribution in [1.82, 2.24) is 4.57 Å². The van der Waals surface area contributed by atoms with E-state index in [2.05, 4.69) is 6.92 Å². The Labute approximate surface area is 225 Å². The number of hydrogen-bond acceptors (Lipinski definition) is 6. The summed E-state index contributed by atoms with van der Waals surface area (Å²) in [5, 5.41) is 2.07. The normalized spacial score (nSPS) is 15.4. The molecule has 194 valence electrons. The maximum Gasteiger partial charge on any atom is 0.338 e. The molecule has 3 aromatic carbocycles. The average Bonchev–Trinajstić information content (AvgIpc) is 3.22. The molecular weight excluding hydrogens is 496 g/mol. The maximum atomic E-state index is 14.0. The molecule has 0 aliphatic carbocycles. The first-order valence-electron chi connectivity index (χ1n) is 12.8. The zero-order valence-corrected chi connectivity index (χ0v) is 22.8. The minimum atomic E-state index is -0.628. The molecule has 0 spiro atoms. The van der Waals surface area contributed by atoms with Crippen LogP contribution in [0.3, 0.4) is 0 Å². The Kier molecular flexibility index (Phi) is 7.29. The van der Waals surface area contributed by atoms with Gasteiger partial charge in [0.25, 0.3) is 5.56 Å². The van der Waals surface area contributed by atoms with Gasteiger partial charge in [-0.25, -0.2) is 9.79 Å². The number of aryl methyl sites for hydroxylation is 1. The summed E-state index contributed by atoms with van der Waals surface area (Å²) in [6.45, 7) is 8.45. The standard InChI is InChI=1S/C31H30N2O4S/c1-5-17-37-25-16-15-21-9-7-8-10-23(21)24(25)18-26-29(34)33-28(22-13-11-19(3)12-14-22)27(30(35)36-6-2)20(4)32-31(33)38-26/h7-16,18,28H,5-6,17H2,1-4H3/b26-18+/t28-/m0/s1. The fourth-order valence-electron chi connectivity index (χ4n) is 4.75. The van der Waals surface area contributed by atoms with Crippen LogP contribution in [0.1, 0.15) is 49.9 Å². The molecule has 1 aliphatic heterocycles. The molecule has 0 unspecified atom stereocenters. The van der Waals surface area contributed by atoms with Crippen molar-refractivity contribution in [1.29, 1.82) is 0 Å². The third-order valence-electron chi connectivity index (χ3n) is 6.58. The highest BCUT2D eigenvalue weighted by atomic mass is 32.1. The van der Waals surface area contributed by atoms with Gasteiger partial charge in [0.1, 0.15) is 5.75 Å². The van der Waals surface area contributed by atoms with Crippen molar-refractivity contribution in [2.24, 2.45) is 4.99 Å². The van der Waals surface area contributed by atoms with Gasteiger partial charge in [0.2, 0.25) is 0 Å². The number of nitrogens with zero attached hydrogens (tertiary/aromatic N) is 2. The quantitative estimate of drug-likeness (QED) is 0.316. The Bertz CT molecular complexity index is 1730. The highest BCUT2D eigenvalue weighted by Gasteiger charge is 2.33. The summed E-state index contributed by atoms with van der Waals surface area (Å²) < 4.78 is 13.6. The number of ether oxygens (including phenoxy) is 2. The summed E-state index contributed by atoms with van der Waals surface area (Å²) >= 11 is 1.32. The summed E-state index contributed by atoms with van der Waals surface area (Å²) in [4.78, 5) is 32.4. The number of allylic oxidation sites excluding steroid dienone is 1. The van der Waals surface area contributed by atoms with E-state index in [9.17, 15) is 9.59 Å². The van der Waals surface area contributed by atoms with Gasteiger partial charge in [0.05, 0.1) is 35.1 Å². The highest BCUT2D eigenvalue weighted by molar-refractivity contribution is 7.07. The van der Waals surface area contributed by atoms with Crippen LogP contribution < -0.4 is 19.6 Å². The van der Waals surface area contributed by atoms with Gasteiger partial charge in [-0.2, -0.15) is 0 Å². The second kappa shape index (κ2) is 10.8. The molecule has 0 bridgehead atoms. The number of thiazole rings is 1. The average molecular weight is 527 g/mol. The number of hydrogen-bond donors (Lipinski definition) is 0. The predicted octanol–water partition coefficient (Wildman–Crippen LogP) is 5.05. The lowest BCUT2D eigenvalue weighted by Gasteiger charge is -2.24. The van der Waals surface area contributed by atoms with Crippen LogP contribution in [0.25, 0.3) is 16.8 Å². The third-order valence-corrected chi connectivity index (χ3v) is 7.56. The molecule has 0 saturated carbocycles. The van der Waals surface area contributed by atoms with Gasteiger partial charge >= 0.3 is 5.97 Å². The minimum Gasteiger partial charge on any atom is -0.493 e. The van der Waals surface area contributed by atoms with Crippen LogP contribution in [0, 0.1) is 6.92 Å². The second-order valence-electron chi connectivity index (χ2n) is 9.26. The lowest BCUT2D eigenvalue weighted by atomic mass is 9.95. The van der Waals surface area contributed by atoms with Crippen molar-refractivity contribution >= 4 is 34.2 Å². The predicted molar refractivity (Wildman–Crippen MR) is 151 cm³/mol. The van der Waals surface area contributed by atoms with Gasteiger partial charge in [0.15, 0.2) is 4.80 Å². The molecule has 0 fully saturated rings. The Hall–Kier alpha value is -3.97. The van der Waals surface area contributed by atoms with E-state index in [1.807, 2.05) is 73.7 Å². The molecule has 1 atom stereocenters. The van der Waals surface area contributed by atoms with Crippen LogP contribution >= 0.6 is 11.3 Å². The number of fused-ring (bicyclic) bond motifs is 2. The molecule has 1 aliphatic rings. The Morgan fingerprint density at radius 1 is 1.05 bits per heavy atom. The smallest absolute Gasteiger partial charge is 0.338 e. The van der Waals surface area contributed by atoms with E-state index >= 15 is 0 Å². The fourth-order valence-corrected chi connectivity index (χ4v) is 5.78. The van der Waals surface area contributed by atoms with Crippen LogP contribution in [0.2, 0.25) is 0 Å². The van der Waals surface area contributed by atoms with Crippen LogP contribution in [0.5, 0.6) is 5.75 Å². The molecule has 2 heterocycles. The van der Waals surface area contributed by atoms with E-state index in [1.165, 1.54) is 11.3 Å². The number of esters is 1. The third kappa shape index (κ3) is 4.70. The lowest BCUT2D eigenvalue weighted by Crippen LogP contribution is -2.39. The zero-order chi connectivity index (χ0) is 26.8. The number of aromatic nitrogens is 1.